The number of nitrogens with two attached hydrogens (primary N) is 1. The smallest absolute Gasteiger partial charge is 0.0314 e. The molecule has 2 rings (SSSR count). The molecular weight excluding hydrogens is 244 g/mol. The van der Waals surface area contributed by atoms with Gasteiger partial charge in [-0.05, 0) is 36.2 Å². The molecule has 2 aromatic carbocycles. The van der Waals surface area contributed by atoms with Gasteiger partial charge < -0.3 is 5.73 Å². The first-order valence-electron chi connectivity index (χ1n) is 7.38. The first-order valence-corrected chi connectivity index (χ1v) is 7.38. The van der Waals surface area contributed by atoms with E-state index < -0.39 is 0 Å². The van der Waals surface area contributed by atoms with Gasteiger partial charge in [-0.1, -0.05) is 55.8 Å². The second kappa shape index (κ2) is 7.71. The van der Waals surface area contributed by atoms with Crippen molar-refractivity contribution in [3.05, 3.63) is 65.7 Å². The summed E-state index contributed by atoms with van der Waals surface area (Å²) in [6.45, 7) is 5.36. The Labute approximate surface area is 122 Å². The molecule has 2 N–H and O–H groups in total. The second-order valence-corrected chi connectivity index (χ2v) is 5.29. The molecule has 0 aliphatic heterocycles. The lowest BCUT2D eigenvalue weighted by Crippen LogP contribution is -2.24. The number of anilines is 1. The lowest BCUT2D eigenvalue weighted by atomic mass is 10.1. The van der Waals surface area contributed by atoms with Crippen LogP contribution in [0.5, 0.6) is 0 Å². The van der Waals surface area contributed by atoms with E-state index in [1.54, 1.807) is 0 Å². The summed E-state index contributed by atoms with van der Waals surface area (Å²) in [4.78, 5) is 2.50. The van der Waals surface area contributed by atoms with E-state index >= 15 is 0 Å². The molecule has 2 aromatic rings. The van der Waals surface area contributed by atoms with Gasteiger partial charge in [0.25, 0.3) is 0 Å². The standard InChI is InChI=1S/C18H24N2/c1-2-3-13-20(14-16-7-5-4-6-8-16)15-17-9-11-18(19)12-10-17/h4-12H,2-3,13-15,19H2,1H3. The van der Waals surface area contributed by atoms with Gasteiger partial charge in [0.05, 0.1) is 0 Å². The van der Waals surface area contributed by atoms with Gasteiger partial charge in [0.15, 0.2) is 0 Å². The van der Waals surface area contributed by atoms with Crippen molar-refractivity contribution in [3.63, 3.8) is 0 Å². The molecule has 0 bridgehead atoms. The van der Waals surface area contributed by atoms with Crippen LogP contribution < -0.4 is 5.73 Å². The topological polar surface area (TPSA) is 29.3 Å². The molecule has 0 saturated carbocycles. The van der Waals surface area contributed by atoms with E-state index in [0.717, 1.165) is 25.3 Å². The maximum atomic E-state index is 5.75. The molecule has 0 saturated heterocycles. The van der Waals surface area contributed by atoms with Crippen LogP contribution in [0.3, 0.4) is 0 Å². The summed E-state index contributed by atoms with van der Waals surface area (Å²) >= 11 is 0. The Hall–Kier alpha value is -1.80. The molecule has 0 fully saturated rings. The van der Waals surface area contributed by atoms with Gasteiger partial charge in [-0.25, -0.2) is 0 Å². The van der Waals surface area contributed by atoms with Crippen molar-refractivity contribution in [3.8, 4) is 0 Å². The number of hydrogen-bond donors (Lipinski definition) is 1. The zero-order chi connectivity index (χ0) is 14.2. The summed E-state index contributed by atoms with van der Waals surface area (Å²) in [5, 5.41) is 0. The summed E-state index contributed by atoms with van der Waals surface area (Å²) < 4.78 is 0. The third-order valence-electron chi connectivity index (χ3n) is 3.46. The number of hydrogen-bond acceptors (Lipinski definition) is 2. The molecule has 0 radical (unpaired) electrons. The fourth-order valence-corrected chi connectivity index (χ4v) is 2.32. The van der Waals surface area contributed by atoms with Gasteiger partial charge in [-0.2, -0.15) is 0 Å². The lowest BCUT2D eigenvalue weighted by molar-refractivity contribution is 0.252. The maximum absolute atomic E-state index is 5.75. The van der Waals surface area contributed by atoms with Gasteiger partial charge in [-0.15, -0.1) is 0 Å². The predicted molar refractivity (Wildman–Crippen MR) is 86.3 cm³/mol. The van der Waals surface area contributed by atoms with Crippen LogP contribution in [-0.4, -0.2) is 11.4 Å². The highest BCUT2D eigenvalue weighted by molar-refractivity contribution is 5.39. The molecular formula is C18H24N2. The molecule has 0 spiro atoms. The van der Waals surface area contributed by atoms with Crippen molar-refractivity contribution in [2.75, 3.05) is 12.3 Å². The number of nitrogens with zero attached hydrogens (tertiary/aromatic N) is 1. The van der Waals surface area contributed by atoms with Crippen molar-refractivity contribution < 1.29 is 0 Å². The lowest BCUT2D eigenvalue weighted by Gasteiger charge is -2.22. The van der Waals surface area contributed by atoms with E-state index in [1.807, 2.05) is 12.1 Å². The monoisotopic (exact) mass is 268 g/mol. The average Bonchev–Trinajstić information content (AvgIpc) is 2.48. The first-order chi connectivity index (χ1) is 9.78. The van der Waals surface area contributed by atoms with Crippen LogP contribution in [0.2, 0.25) is 0 Å². The zero-order valence-corrected chi connectivity index (χ0v) is 12.3. The number of nitrogen functional groups attached to an aromatic ring is 1. The van der Waals surface area contributed by atoms with Crippen LogP contribution in [0.15, 0.2) is 54.6 Å². The highest BCUT2D eigenvalue weighted by Crippen LogP contribution is 2.12. The quantitative estimate of drug-likeness (QED) is 0.767. The van der Waals surface area contributed by atoms with Gasteiger partial charge in [0.2, 0.25) is 0 Å². The minimum absolute atomic E-state index is 0.830. The molecule has 106 valence electrons. The van der Waals surface area contributed by atoms with E-state index in [0.29, 0.717) is 0 Å². The fourth-order valence-electron chi connectivity index (χ4n) is 2.32. The number of benzene rings is 2. The van der Waals surface area contributed by atoms with Crippen molar-refractivity contribution in [1.82, 2.24) is 4.90 Å². The molecule has 2 nitrogen and oxygen atoms in total. The Morgan fingerprint density at radius 3 is 2.05 bits per heavy atom. The minimum Gasteiger partial charge on any atom is -0.399 e. The molecule has 2 heteroatoms. The second-order valence-electron chi connectivity index (χ2n) is 5.29. The van der Waals surface area contributed by atoms with E-state index in [2.05, 4.69) is 54.3 Å². The average molecular weight is 268 g/mol. The van der Waals surface area contributed by atoms with E-state index in [-0.39, 0.29) is 0 Å². The summed E-state index contributed by atoms with van der Waals surface area (Å²) in [6, 6.07) is 18.9. The van der Waals surface area contributed by atoms with Crippen LogP contribution in [-0.2, 0) is 13.1 Å². The summed E-state index contributed by atoms with van der Waals surface area (Å²) in [5.41, 5.74) is 9.28. The molecule has 0 atom stereocenters. The Morgan fingerprint density at radius 2 is 1.45 bits per heavy atom. The molecule has 0 heterocycles. The van der Waals surface area contributed by atoms with Crippen LogP contribution in [0.4, 0.5) is 5.69 Å². The largest absolute Gasteiger partial charge is 0.399 e. The molecule has 0 aromatic heterocycles. The fraction of sp³-hybridized carbons (Fsp3) is 0.333. The number of rotatable bonds is 7. The molecule has 0 unspecified atom stereocenters. The summed E-state index contributed by atoms with van der Waals surface area (Å²) in [5.74, 6) is 0. The predicted octanol–water partition coefficient (Wildman–Crippen LogP) is 4.07. The summed E-state index contributed by atoms with van der Waals surface area (Å²) in [6.07, 6.45) is 2.47. The Balaban J connectivity index is 2.01. The molecule has 0 aliphatic rings. The third-order valence-corrected chi connectivity index (χ3v) is 3.46. The highest BCUT2D eigenvalue weighted by Gasteiger charge is 2.06. The van der Waals surface area contributed by atoms with Crippen LogP contribution in [0.1, 0.15) is 30.9 Å². The van der Waals surface area contributed by atoms with E-state index in [9.17, 15) is 0 Å². The van der Waals surface area contributed by atoms with E-state index in [4.69, 9.17) is 5.73 Å². The SMILES string of the molecule is CCCCN(Cc1ccccc1)Cc1ccc(N)cc1. The molecule has 20 heavy (non-hydrogen) atoms. The molecule has 0 amide bonds. The van der Waals surface area contributed by atoms with Crippen molar-refractivity contribution in [2.24, 2.45) is 0 Å². The zero-order valence-electron chi connectivity index (χ0n) is 12.3. The van der Waals surface area contributed by atoms with Crippen molar-refractivity contribution in [2.45, 2.75) is 32.9 Å². The minimum atomic E-state index is 0.830. The Kier molecular flexibility index (Phi) is 5.63. The van der Waals surface area contributed by atoms with Crippen molar-refractivity contribution >= 4 is 5.69 Å². The van der Waals surface area contributed by atoms with Crippen LogP contribution >= 0.6 is 0 Å². The van der Waals surface area contributed by atoms with Gasteiger partial charge in [0.1, 0.15) is 0 Å². The molecule has 0 aliphatic carbocycles. The maximum Gasteiger partial charge on any atom is 0.0314 e. The number of unbranched alkanes of at least 4 members (excludes halogenated alkanes) is 1. The normalized spacial score (nSPS) is 10.9. The van der Waals surface area contributed by atoms with Crippen molar-refractivity contribution in [1.29, 1.82) is 0 Å². The van der Waals surface area contributed by atoms with Gasteiger partial charge in [-0.3, -0.25) is 4.90 Å². The van der Waals surface area contributed by atoms with Crippen LogP contribution in [0, 0.1) is 0 Å². The van der Waals surface area contributed by atoms with Gasteiger partial charge in [0, 0.05) is 18.8 Å². The van der Waals surface area contributed by atoms with E-state index in [1.165, 1.54) is 24.0 Å². The van der Waals surface area contributed by atoms with Gasteiger partial charge >= 0.3 is 0 Å². The summed E-state index contributed by atoms with van der Waals surface area (Å²) in [7, 11) is 0. The highest BCUT2D eigenvalue weighted by atomic mass is 15.1. The Bertz CT molecular complexity index is 491. The Morgan fingerprint density at radius 1 is 0.850 bits per heavy atom. The third kappa shape index (κ3) is 4.71. The van der Waals surface area contributed by atoms with Crippen LogP contribution in [0.25, 0.3) is 0 Å². The first kappa shape index (κ1) is 14.6.